The maximum Gasteiger partial charge on any atom is 0.356 e. The molecule has 0 saturated carbocycles. The lowest BCUT2D eigenvalue weighted by atomic mass is 10.1. The second-order valence-corrected chi connectivity index (χ2v) is 7.74. The maximum absolute atomic E-state index is 13.1. The fraction of sp³-hybridized carbons (Fsp3) is 0.333. The molecule has 0 amide bonds. The number of hydrogen-bond donors (Lipinski definition) is 1. The van der Waals surface area contributed by atoms with Gasteiger partial charge in [-0.25, -0.2) is 0 Å². The molecule has 0 heterocycles. The largest absolute Gasteiger partial charge is 0.497 e. The Morgan fingerprint density at radius 1 is 0.920 bits per heavy atom. The number of benzene rings is 2. The fourth-order valence-electron chi connectivity index (χ4n) is 2.54. The monoisotopic (exact) mass is 365 g/mol. The van der Waals surface area contributed by atoms with Gasteiger partial charge < -0.3 is 23.8 Å². The second-order valence-electron chi connectivity index (χ2n) is 5.41. The molecule has 2 rings (SSSR count). The van der Waals surface area contributed by atoms with E-state index in [9.17, 15) is 4.57 Å². The standard InChI is InChI=1S/C18H24NO5P/c1-13-12-15(8-11-17(13)22-3)19-18(25(20,23-4)24-5)14-6-9-16(21-2)10-7-14/h6-12,18-19H,1-5H3. The van der Waals surface area contributed by atoms with E-state index in [0.717, 1.165) is 22.6 Å². The first kappa shape index (κ1) is 19.3. The van der Waals surface area contributed by atoms with Crippen molar-refractivity contribution in [3.8, 4) is 11.5 Å². The van der Waals surface area contributed by atoms with Gasteiger partial charge >= 0.3 is 7.60 Å². The molecule has 0 aromatic heterocycles. The van der Waals surface area contributed by atoms with Crippen LogP contribution in [0.5, 0.6) is 11.5 Å². The van der Waals surface area contributed by atoms with Crippen LogP contribution in [0.4, 0.5) is 5.69 Å². The summed E-state index contributed by atoms with van der Waals surface area (Å²) in [5, 5.41) is 3.26. The molecule has 0 aliphatic carbocycles. The Hall–Kier alpha value is -2.01. The van der Waals surface area contributed by atoms with Gasteiger partial charge in [0.1, 0.15) is 11.5 Å². The van der Waals surface area contributed by atoms with Crippen molar-refractivity contribution >= 4 is 13.3 Å². The van der Waals surface area contributed by atoms with E-state index in [2.05, 4.69) is 5.32 Å². The van der Waals surface area contributed by atoms with Gasteiger partial charge in [-0.05, 0) is 48.4 Å². The van der Waals surface area contributed by atoms with Crippen molar-refractivity contribution in [3.05, 3.63) is 53.6 Å². The molecule has 0 aliphatic rings. The molecule has 7 heteroatoms. The highest BCUT2D eigenvalue weighted by Gasteiger charge is 2.35. The molecular formula is C18H24NO5P. The fourth-order valence-corrected chi connectivity index (χ4v) is 3.96. The quantitative estimate of drug-likeness (QED) is 0.689. The minimum atomic E-state index is -3.42. The van der Waals surface area contributed by atoms with Crippen LogP contribution in [0.1, 0.15) is 16.9 Å². The Bertz CT molecular complexity index is 740. The number of ether oxygens (including phenoxy) is 2. The SMILES string of the molecule is COc1ccc(C(Nc2ccc(OC)c(C)c2)P(=O)(OC)OC)cc1. The van der Waals surface area contributed by atoms with E-state index in [1.54, 1.807) is 26.4 Å². The predicted molar refractivity (Wildman–Crippen MR) is 98.7 cm³/mol. The molecule has 2 aromatic rings. The molecule has 0 spiro atoms. The van der Waals surface area contributed by atoms with E-state index in [0.29, 0.717) is 5.75 Å². The van der Waals surface area contributed by atoms with Gasteiger partial charge in [0, 0.05) is 19.9 Å². The summed E-state index contributed by atoms with van der Waals surface area (Å²) in [5.74, 6) is 0.835. The zero-order valence-corrected chi connectivity index (χ0v) is 16.0. The van der Waals surface area contributed by atoms with Gasteiger partial charge in [0.05, 0.1) is 14.2 Å². The Balaban J connectivity index is 2.40. The van der Waals surface area contributed by atoms with Crippen LogP contribution < -0.4 is 14.8 Å². The molecule has 25 heavy (non-hydrogen) atoms. The number of anilines is 1. The van der Waals surface area contributed by atoms with Crippen molar-refractivity contribution in [2.75, 3.05) is 33.8 Å². The van der Waals surface area contributed by atoms with Gasteiger partial charge in [-0.1, -0.05) is 12.1 Å². The molecule has 0 bridgehead atoms. The first-order valence-corrected chi connectivity index (χ1v) is 9.35. The van der Waals surface area contributed by atoms with Gasteiger partial charge in [-0.15, -0.1) is 0 Å². The second kappa shape index (κ2) is 8.39. The van der Waals surface area contributed by atoms with Crippen molar-refractivity contribution in [1.82, 2.24) is 0 Å². The molecule has 6 nitrogen and oxygen atoms in total. The zero-order chi connectivity index (χ0) is 18.4. The van der Waals surface area contributed by atoms with Gasteiger partial charge in [0.2, 0.25) is 0 Å². The summed E-state index contributed by atoms with van der Waals surface area (Å²) < 4.78 is 34.0. The summed E-state index contributed by atoms with van der Waals surface area (Å²) in [4.78, 5) is 0. The third kappa shape index (κ3) is 4.34. The molecule has 1 unspecified atom stereocenters. The van der Waals surface area contributed by atoms with Crippen molar-refractivity contribution in [1.29, 1.82) is 0 Å². The van der Waals surface area contributed by atoms with Crippen molar-refractivity contribution < 1.29 is 23.1 Å². The maximum atomic E-state index is 13.1. The van der Waals surface area contributed by atoms with Crippen molar-refractivity contribution in [2.45, 2.75) is 12.7 Å². The number of rotatable bonds is 8. The van der Waals surface area contributed by atoms with Crippen LogP contribution in [0.2, 0.25) is 0 Å². The van der Waals surface area contributed by atoms with E-state index < -0.39 is 13.4 Å². The number of nitrogens with one attached hydrogen (secondary N) is 1. The molecule has 2 aromatic carbocycles. The minimum absolute atomic E-state index is 0.666. The van der Waals surface area contributed by atoms with Crippen LogP contribution in [0.15, 0.2) is 42.5 Å². The zero-order valence-electron chi connectivity index (χ0n) is 15.1. The molecular weight excluding hydrogens is 341 g/mol. The minimum Gasteiger partial charge on any atom is -0.497 e. The van der Waals surface area contributed by atoms with Gasteiger partial charge in [-0.3, -0.25) is 4.57 Å². The van der Waals surface area contributed by atoms with Crippen LogP contribution in [-0.4, -0.2) is 28.4 Å². The number of methoxy groups -OCH3 is 2. The Labute approximate surface area is 148 Å². The summed E-state index contributed by atoms with van der Waals surface area (Å²) in [7, 11) is 2.56. The Morgan fingerprint density at radius 3 is 2.04 bits per heavy atom. The lowest BCUT2D eigenvalue weighted by molar-refractivity contribution is 0.268. The van der Waals surface area contributed by atoms with Crippen molar-refractivity contribution in [3.63, 3.8) is 0 Å². The molecule has 1 atom stereocenters. The average molecular weight is 365 g/mol. The third-order valence-corrected chi connectivity index (χ3v) is 6.03. The van der Waals surface area contributed by atoms with E-state index in [1.165, 1.54) is 14.2 Å². The highest BCUT2D eigenvalue weighted by atomic mass is 31.2. The van der Waals surface area contributed by atoms with Gasteiger partial charge in [0.15, 0.2) is 5.78 Å². The first-order valence-electron chi connectivity index (χ1n) is 7.73. The lowest BCUT2D eigenvalue weighted by Gasteiger charge is -2.27. The molecule has 0 saturated heterocycles. The summed E-state index contributed by atoms with van der Waals surface area (Å²) >= 11 is 0. The highest BCUT2D eigenvalue weighted by molar-refractivity contribution is 7.54. The molecule has 0 aliphatic heterocycles. The summed E-state index contributed by atoms with van der Waals surface area (Å²) in [6.07, 6.45) is 0. The average Bonchev–Trinajstić information content (AvgIpc) is 2.65. The van der Waals surface area contributed by atoms with Crippen LogP contribution in [-0.2, 0) is 13.6 Å². The summed E-state index contributed by atoms with van der Waals surface area (Å²) in [6, 6.07) is 12.9. The van der Waals surface area contributed by atoms with Crippen molar-refractivity contribution in [2.24, 2.45) is 0 Å². The van der Waals surface area contributed by atoms with E-state index in [4.69, 9.17) is 18.5 Å². The molecule has 0 radical (unpaired) electrons. The number of hydrogen-bond acceptors (Lipinski definition) is 6. The topological polar surface area (TPSA) is 66.0 Å². The molecule has 1 N–H and O–H groups in total. The van der Waals surface area contributed by atoms with Gasteiger partial charge in [-0.2, -0.15) is 0 Å². The van der Waals surface area contributed by atoms with E-state index >= 15 is 0 Å². The van der Waals surface area contributed by atoms with E-state index in [-0.39, 0.29) is 0 Å². The van der Waals surface area contributed by atoms with Crippen LogP contribution in [0.25, 0.3) is 0 Å². The highest BCUT2D eigenvalue weighted by Crippen LogP contribution is 2.59. The summed E-state index contributed by atoms with van der Waals surface area (Å²) in [6.45, 7) is 1.94. The molecule has 0 fully saturated rings. The number of aryl methyl sites for hydroxylation is 1. The predicted octanol–water partition coefficient (Wildman–Crippen LogP) is 4.61. The van der Waals surface area contributed by atoms with Crippen LogP contribution >= 0.6 is 7.60 Å². The normalized spacial score (nSPS) is 12.5. The lowest BCUT2D eigenvalue weighted by Crippen LogP contribution is -2.13. The third-order valence-electron chi connectivity index (χ3n) is 3.95. The Morgan fingerprint density at radius 2 is 1.56 bits per heavy atom. The first-order chi connectivity index (χ1) is 12.0. The molecule has 136 valence electrons. The Kier molecular flexibility index (Phi) is 6.48. The van der Waals surface area contributed by atoms with Gasteiger partial charge in [0.25, 0.3) is 0 Å². The van der Waals surface area contributed by atoms with Crippen LogP contribution in [0.3, 0.4) is 0 Å². The summed E-state index contributed by atoms with van der Waals surface area (Å²) in [5.41, 5.74) is 2.51. The van der Waals surface area contributed by atoms with E-state index in [1.807, 2.05) is 37.3 Å². The van der Waals surface area contributed by atoms with Crippen LogP contribution in [0, 0.1) is 6.92 Å². The smallest absolute Gasteiger partial charge is 0.356 e.